The van der Waals surface area contributed by atoms with E-state index >= 15 is 0 Å². The van der Waals surface area contributed by atoms with Crippen LogP contribution < -0.4 is 0 Å². The zero-order chi connectivity index (χ0) is 20.2. The number of hydrogen-bond acceptors (Lipinski definition) is 4. The number of fused-ring (bicyclic) bond motifs is 1. The van der Waals surface area contributed by atoms with Crippen molar-refractivity contribution in [2.75, 3.05) is 13.1 Å². The van der Waals surface area contributed by atoms with Gasteiger partial charge in [-0.3, -0.25) is 9.59 Å². The van der Waals surface area contributed by atoms with Gasteiger partial charge in [0.05, 0.1) is 11.3 Å². The van der Waals surface area contributed by atoms with Crippen LogP contribution in [0.4, 0.5) is 0 Å². The SMILES string of the molecule is CCCc1ncncc1C(=O)N1CCC[C@H](C(=O)c2ccc3ccccc3c2)C1. The van der Waals surface area contributed by atoms with E-state index in [2.05, 4.69) is 16.9 Å². The molecule has 0 N–H and O–H groups in total. The van der Waals surface area contributed by atoms with Crippen molar-refractivity contribution >= 4 is 22.5 Å². The number of amides is 1. The molecule has 3 aromatic rings. The summed E-state index contributed by atoms with van der Waals surface area (Å²) in [6, 6.07) is 13.9. The molecule has 1 fully saturated rings. The highest BCUT2D eigenvalue weighted by Crippen LogP contribution is 2.25. The van der Waals surface area contributed by atoms with E-state index in [1.807, 2.05) is 42.5 Å². The van der Waals surface area contributed by atoms with Crippen molar-refractivity contribution in [2.24, 2.45) is 5.92 Å². The van der Waals surface area contributed by atoms with Crippen molar-refractivity contribution in [3.8, 4) is 0 Å². The zero-order valence-electron chi connectivity index (χ0n) is 16.7. The zero-order valence-corrected chi connectivity index (χ0v) is 16.7. The summed E-state index contributed by atoms with van der Waals surface area (Å²) in [6.07, 6.45) is 6.39. The fourth-order valence-corrected chi connectivity index (χ4v) is 4.09. The number of rotatable bonds is 5. The maximum absolute atomic E-state index is 13.2. The van der Waals surface area contributed by atoms with Gasteiger partial charge in [-0.2, -0.15) is 0 Å². The summed E-state index contributed by atoms with van der Waals surface area (Å²) in [7, 11) is 0. The standard InChI is InChI=1S/C24H25N3O2/c1-2-6-22-21(14-25-16-26-22)24(29)27-12-5-9-20(15-27)23(28)19-11-10-17-7-3-4-8-18(17)13-19/h3-4,7-8,10-11,13-14,16,20H,2,5-6,9,12,15H2,1H3/t20-/m0/s1. The normalized spacial score (nSPS) is 16.7. The minimum absolute atomic E-state index is 0.0648. The summed E-state index contributed by atoms with van der Waals surface area (Å²) in [5.74, 6) is -0.121. The number of hydrogen-bond donors (Lipinski definition) is 0. The Morgan fingerprint density at radius 2 is 1.97 bits per heavy atom. The highest BCUT2D eigenvalue weighted by atomic mass is 16.2. The average molecular weight is 387 g/mol. The lowest BCUT2D eigenvalue weighted by Crippen LogP contribution is -2.42. The maximum atomic E-state index is 13.2. The third kappa shape index (κ3) is 4.04. The Morgan fingerprint density at radius 3 is 2.79 bits per heavy atom. The number of ketones is 1. The molecule has 29 heavy (non-hydrogen) atoms. The molecule has 1 saturated heterocycles. The summed E-state index contributed by atoms with van der Waals surface area (Å²) in [6.45, 7) is 3.18. The van der Waals surface area contributed by atoms with Crippen LogP contribution in [0.25, 0.3) is 10.8 Å². The highest BCUT2D eigenvalue weighted by molar-refractivity contribution is 6.02. The van der Waals surface area contributed by atoms with Crippen LogP contribution in [0.15, 0.2) is 55.0 Å². The summed E-state index contributed by atoms with van der Waals surface area (Å²) >= 11 is 0. The van der Waals surface area contributed by atoms with Gasteiger partial charge in [-0.25, -0.2) is 9.97 Å². The molecule has 4 rings (SSSR count). The second kappa shape index (κ2) is 8.52. The number of nitrogens with zero attached hydrogens (tertiary/aromatic N) is 3. The first-order valence-electron chi connectivity index (χ1n) is 10.3. The van der Waals surface area contributed by atoms with Gasteiger partial charge in [0, 0.05) is 30.8 Å². The topological polar surface area (TPSA) is 63.2 Å². The van der Waals surface area contributed by atoms with E-state index in [0.717, 1.165) is 47.7 Å². The molecule has 1 atom stereocenters. The Bertz CT molecular complexity index is 1050. The molecule has 0 aliphatic carbocycles. The van der Waals surface area contributed by atoms with E-state index in [-0.39, 0.29) is 17.6 Å². The number of carbonyl (C=O) groups excluding carboxylic acids is 2. The highest BCUT2D eigenvalue weighted by Gasteiger charge is 2.30. The van der Waals surface area contributed by atoms with Crippen molar-refractivity contribution in [1.29, 1.82) is 0 Å². The van der Waals surface area contributed by atoms with Crippen LogP contribution in [0.5, 0.6) is 0 Å². The predicted molar refractivity (Wildman–Crippen MR) is 113 cm³/mol. The van der Waals surface area contributed by atoms with Gasteiger partial charge in [-0.1, -0.05) is 49.7 Å². The third-order valence-electron chi connectivity index (χ3n) is 5.63. The first-order chi connectivity index (χ1) is 14.2. The van der Waals surface area contributed by atoms with Crippen LogP contribution in [0.1, 0.15) is 52.6 Å². The molecule has 2 heterocycles. The number of aromatic nitrogens is 2. The van der Waals surface area contributed by atoms with Crippen molar-refractivity contribution in [3.63, 3.8) is 0 Å². The fraction of sp³-hybridized carbons (Fsp3) is 0.333. The maximum Gasteiger partial charge on any atom is 0.257 e. The van der Waals surface area contributed by atoms with Crippen molar-refractivity contribution in [1.82, 2.24) is 14.9 Å². The fourth-order valence-electron chi connectivity index (χ4n) is 4.09. The molecule has 0 unspecified atom stereocenters. The molecule has 148 valence electrons. The van der Waals surface area contributed by atoms with E-state index in [1.165, 1.54) is 6.33 Å². The lowest BCUT2D eigenvalue weighted by Gasteiger charge is -2.32. The van der Waals surface area contributed by atoms with Gasteiger partial charge in [0.2, 0.25) is 0 Å². The Morgan fingerprint density at radius 1 is 1.14 bits per heavy atom. The van der Waals surface area contributed by atoms with Gasteiger partial charge in [0.25, 0.3) is 5.91 Å². The molecule has 2 aromatic carbocycles. The van der Waals surface area contributed by atoms with Gasteiger partial charge < -0.3 is 4.90 Å². The largest absolute Gasteiger partial charge is 0.338 e. The minimum atomic E-state index is -0.173. The van der Waals surface area contributed by atoms with Gasteiger partial charge in [-0.05, 0) is 36.1 Å². The van der Waals surface area contributed by atoms with Crippen LogP contribution in [0.2, 0.25) is 0 Å². The van der Waals surface area contributed by atoms with Gasteiger partial charge in [0.1, 0.15) is 6.33 Å². The van der Waals surface area contributed by atoms with Gasteiger partial charge in [0.15, 0.2) is 5.78 Å². The van der Waals surface area contributed by atoms with Crippen molar-refractivity contribution in [3.05, 3.63) is 71.8 Å². The number of carbonyl (C=O) groups is 2. The molecule has 5 heteroatoms. The number of piperidine rings is 1. The molecular formula is C24H25N3O2. The second-order valence-corrected chi connectivity index (χ2v) is 7.65. The Labute approximate surface area is 170 Å². The number of benzene rings is 2. The number of Topliss-reactive ketones (excluding diaryl/α,β-unsaturated/α-hetero) is 1. The van der Waals surface area contributed by atoms with Crippen LogP contribution >= 0.6 is 0 Å². The van der Waals surface area contributed by atoms with Crippen LogP contribution in [-0.2, 0) is 6.42 Å². The molecule has 0 bridgehead atoms. The van der Waals surface area contributed by atoms with E-state index in [0.29, 0.717) is 18.7 Å². The monoisotopic (exact) mass is 387 g/mol. The number of aryl methyl sites for hydroxylation is 1. The molecule has 1 amide bonds. The van der Waals surface area contributed by atoms with Crippen LogP contribution in [-0.4, -0.2) is 39.6 Å². The first kappa shape index (κ1) is 19.2. The molecule has 0 radical (unpaired) electrons. The summed E-state index contributed by atoms with van der Waals surface area (Å²) < 4.78 is 0. The Kier molecular flexibility index (Phi) is 5.65. The van der Waals surface area contributed by atoms with E-state index < -0.39 is 0 Å². The lowest BCUT2D eigenvalue weighted by atomic mass is 9.89. The van der Waals surface area contributed by atoms with E-state index in [9.17, 15) is 9.59 Å². The van der Waals surface area contributed by atoms with Crippen molar-refractivity contribution < 1.29 is 9.59 Å². The van der Waals surface area contributed by atoms with Gasteiger partial charge >= 0.3 is 0 Å². The molecule has 5 nitrogen and oxygen atoms in total. The molecule has 1 aliphatic heterocycles. The first-order valence-corrected chi connectivity index (χ1v) is 10.3. The predicted octanol–water partition coefficient (Wildman–Crippen LogP) is 4.32. The molecule has 1 aliphatic rings. The van der Waals surface area contributed by atoms with Crippen LogP contribution in [0.3, 0.4) is 0 Å². The quantitative estimate of drug-likeness (QED) is 0.612. The summed E-state index contributed by atoms with van der Waals surface area (Å²) in [4.78, 5) is 36.4. The van der Waals surface area contributed by atoms with Gasteiger partial charge in [-0.15, -0.1) is 0 Å². The Balaban J connectivity index is 1.53. The number of likely N-dealkylation sites (tertiary alicyclic amines) is 1. The average Bonchev–Trinajstić information content (AvgIpc) is 2.78. The van der Waals surface area contributed by atoms with E-state index in [1.54, 1.807) is 11.1 Å². The summed E-state index contributed by atoms with van der Waals surface area (Å²) in [5.41, 5.74) is 2.07. The molecule has 0 spiro atoms. The second-order valence-electron chi connectivity index (χ2n) is 7.65. The lowest BCUT2D eigenvalue weighted by molar-refractivity contribution is 0.0635. The van der Waals surface area contributed by atoms with Crippen LogP contribution in [0, 0.1) is 5.92 Å². The van der Waals surface area contributed by atoms with Crippen molar-refractivity contribution in [2.45, 2.75) is 32.6 Å². The Hall–Kier alpha value is -3.08. The molecule has 0 saturated carbocycles. The summed E-state index contributed by atoms with van der Waals surface area (Å²) in [5, 5.41) is 2.18. The minimum Gasteiger partial charge on any atom is -0.338 e. The third-order valence-corrected chi connectivity index (χ3v) is 5.63. The van der Waals surface area contributed by atoms with E-state index in [4.69, 9.17) is 0 Å². The molecule has 1 aromatic heterocycles. The smallest absolute Gasteiger partial charge is 0.257 e. The molecular weight excluding hydrogens is 362 g/mol.